The Morgan fingerprint density at radius 3 is 2.82 bits per heavy atom. The fourth-order valence-electron chi connectivity index (χ4n) is 1.15. The first-order valence-corrected chi connectivity index (χ1v) is 6.37. The predicted molar refractivity (Wildman–Crippen MR) is 67.4 cm³/mol. The lowest BCUT2D eigenvalue weighted by molar-refractivity contribution is -0.384. The summed E-state index contributed by atoms with van der Waals surface area (Å²) in [5.74, 6) is 0.905. The van der Waals surface area contributed by atoms with Gasteiger partial charge in [0.2, 0.25) is 0 Å². The number of aliphatic hydroxyl groups excluding tert-OH is 2. The van der Waals surface area contributed by atoms with E-state index in [4.69, 9.17) is 21.8 Å². The number of hydrogen-bond acceptors (Lipinski definition) is 5. The molecule has 0 bridgehead atoms. The van der Waals surface area contributed by atoms with Crippen LogP contribution < -0.4 is 0 Å². The van der Waals surface area contributed by atoms with E-state index in [0.29, 0.717) is 11.5 Å². The number of hydrogen-bond donors (Lipinski definition) is 2. The maximum Gasteiger partial charge on any atom is 0.288 e. The summed E-state index contributed by atoms with van der Waals surface area (Å²) in [6, 6.07) is 4.60. The van der Waals surface area contributed by atoms with Crippen LogP contribution in [0.5, 0.6) is 0 Å². The van der Waals surface area contributed by atoms with Crippen molar-refractivity contribution < 1.29 is 15.1 Å². The molecule has 5 nitrogen and oxygen atoms in total. The molecule has 0 aliphatic carbocycles. The average Bonchev–Trinajstić information content (AvgIpc) is 2.30. The monoisotopic (exact) mass is 277 g/mol. The molecule has 0 radical (unpaired) electrons. The third-order valence-corrected chi connectivity index (χ3v) is 3.47. The van der Waals surface area contributed by atoms with Gasteiger partial charge < -0.3 is 10.2 Å². The first-order chi connectivity index (χ1) is 8.04. The summed E-state index contributed by atoms with van der Waals surface area (Å²) in [7, 11) is 0. The van der Waals surface area contributed by atoms with Crippen LogP contribution in [0.1, 0.15) is 5.56 Å². The quantitative estimate of drug-likeness (QED) is 0.612. The van der Waals surface area contributed by atoms with E-state index in [2.05, 4.69) is 0 Å². The molecule has 0 spiro atoms. The van der Waals surface area contributed by atoms with Crippen molar-refractivity contribution in [1.82, 2.24) is 0 Å². The van der Waals surface area contributed by atoms with E-state index in [0.717, 1.165) is 5.56 Å². The van der Waals surface area contributed by atoms with Gasteiger partial charge in [-0.05, 0) is 11.6 Å². The summed E-state index contributed by atoms with van der Waals surface area (Å²) in [5.41, 5.74) is 0.642. The van der Waals surface area contributed by atoms with Crippen molar-refractivity contribution in [1.29, 1.82) is 0 Å². The standard InChI is InChI=1S/C10H12ClNO4S/c11-9-2-1-7(3-10(9)12(15)16)5-17-6-8(14)4-13/h1-3,8,13-14H,4-6H2. The van der Waals surface area contributed by atoms with Crippen LogP contribution >= 0.6 is 23.4 Å². The van der Waals surface area contributed by atoms with Crippen LogP contribution in [-0.2, 0) is 5.75 Å². The zero-order valence-electron chi connectivity index (χ0n) is 8.88. The molecule has 7 heteroatoms. The molecule has 1 rings (SSSR count). The molecule has 17 heavy (non-hydrogen) atoms. The molecule has 1 aromatic rings. The highest BCUT2D eigenvalue weighted by Gasteiger charge is 2.12. The minimum Gasteiger partial charge on any atom is -0.394 e. The van der Waals surface area contributed by atoms with Gasteiger partial charge >= 0.3 is 0 Å². The molecule has 0 saturated carbocycles. The summed E-state index contributed by atoms with van der Waals surface area (Å²) in [4.78, 5) is 10.1. The third kappa shape index (κ3) is 4.51. The highest BCUT2D eigenvalue weighted by atomic mass is 35.5. The fraction of sp³-hybridized carbons (Fsp3) is 0.400. The second-order valence-electron chi connectivity index (χ2n) is 3.39. The van der Waals surface area contributed by atoms with Gasteiger partial charge in [0.15, 0.2) is 0 Å². The summed E-state index contributed by atoms with van der Waals surface area (Å²) >= 11 is 7.07. The fourth-order valence-corrected chi connectivity index (χ4v) is 2.25. The number of thioether (sulfide) groups is 1. The minimum atomic E-state index is -0.762. The molecule has 0 amide bonds. The van der Waals surface area contributed by atoms with Gasteiger partial charge in [-0.2, -0.15) is 11.8 Å². The van der Waals surface area contributed by atoms with Crippen molar-refractivity contribution in [3.63, 3.8) is 0 Å². The Labute approximate surface area is 108 Å². The van der Waals surface area contributed by atoms with Crippen LogP contribution in [0.25, 0.3) is 0 Å². The first-order valence-electron chi connectivity index (χ1n) is 4.84. The third-order valence-electron chi connectivity index (χ3n) is 2.00. The topological polar surface area (TPSA) is 83.6 Å². The zero-order valence-corrected chi connectivity index (χ0v) is 10.4. The Morgan fingerprint density at radius 1 is 1.53 bits per heavy atom. The van der Waals surface area contributed by atoms with Gasteiger partial charge in [-0.15, -0.1) is 0 Å². The highest BCUT2D eigenvalue weighted by molar-refractivity contribution is 7.98. The maximum atomic E-state index is 10.6. The zero-order chi connectivity index (χ0) is 12.8. The molecule has 0 heterocycles. The molecule has 2 N–H and O–H groups in total. The number of benzene rings is 1. The van der Waals surface area contributed by atoms with Gasteiger partial charge in [-0.3, -0.25) is 10.1 Å². The largest absolute Gasteiger partial charge is 0.394 e. The molecule has 94 valence electrons. The maximum absolute atomic E-state index is 10.6. The van der Waals surface area contributed by atoms with Gasteiger partial charge in [-0.1, -0.05) is 17.7 Å². The second-order valence-corrected chi connectivity index (χ2v) is 4.83. The summed E-state index contributed by atoms with van der Waals surface area (Å²) in [6.07, 6.45) is -0.762. The van der Waals surface area contributed by atoms with Crippen molar-refractivity contribution in [2.75, 3.05) is 12.4 Å². The van der Waals surface area contributed by atoms with E-state index in [1.807, 2.05) is 0 Å². The number of nitrogens with zero attached hydrogens (tertiary/aromatic N) is 1. The Bertz CT molecular complexity index is 402. The normalized spacial score (nSPS) is 12.4. The Balaban J connectivity index is 2.60. The number of nitro benzene ring substituents is 1. The van der Waals surface area contributed by atoms with Gasteiger partial charge in [0.25, 0.3) is 5.69 Å². The number of aliphatic hydroxyl groups is 2. The van der Waals surface area contributed by atoms with Crippen LogP contribution in [0.4, 0.5) is 5.69 Å². The van der Waals surface area contributed by atoms with E-state index >= 15 is 0 Å². The summed E-state index contributed by atoms with van der Waals surface area (Å²) < 4.78 is 0. The van der Waals surface area contributed by atoms with E-state index in [9.17, 15) is 10.1 Å². The van der Waals surface area contributed by atoms with Gasteiger partial charge in [0, 0.05) is 17.6 Å². The molecule has 0 aliphatic rings. The lowest BCUT2D eigenvalue weighted by Crippen LogP contribution is -2.14. The van der Waals surface area contributed by atoms with Crippen LogP contribution in [0, 0.1) is 10.1 Å². The first kappa shape index (κ1) is 14.2. The molecule has 0 aliphatic heterocycles. The lowest BCUT2D eigenvalue weighted by Gasteiger charge is -2.06. The van der Waals surface area contributed by atoms with Crippen molar-refractivity contribution in [2.45, 2.75) is 11.9 Å². The van der Waals surface area contributed by atoms with E-state index < -0.39 is 11.0 Å². The molecule has 0 aromatic heterocycles. The average molecular weight is 278 g/mol. The Morgan fingerprint density at radius 2 is 2.24 bits per heavy atom. The van der Waals surface area contributed by atoms with Gasteiger partial charge in [-0.25, -0.2) is 0 Å². The van der Waals surface area contributed by atoms with Crippen molar-refractivity contribution in [3.8, 4) is 0 Å². The van der Waals surface area contributed by atoms with Gasteiger partial charge in [0.05, 0.1) is 17.6 Å². The predicted octanol–water partition coefficient (Wildman–Crippen LogP) is 1.83. The smallest absolute Gasteiger partial charge is 0.288 e. The molecule has 1 atom stereocenters. The second kappa shape index (κ2) is 6.80. The van der Waals surface area contributed by atoms with Crippen LogP contribution in [0.3, 0.4) is 0 Å². The minimum absolute atomic E-state index is 0.110. The van der Waals surface area contributed by atoms with Crippen molar-refractivity contribution in [3.05, 3.63) is 38.9 Å². The number of nitro groups is 1. The Kier molecular flexibility index (Phi) is 5.70. The van der Waals surface area contributed by atoms with Gasteiger partial charge in [0.1, 0.15) is 5.02 Å². The molecule has 1 unspecified atom stereocenters. The summed E-state index contributed by atoms with van der Waals surface area (Å²) in [6.45, 7) is -0.284. The van der Waals surface area contributed by atoms with Crippen LogP contribution in [0.15, 0.2) is 18.2 Å². The number of rotatable bonds is 6. The summed E-state index contributed by atoms with van der Waals surface area (Å²) in [5, 5.41) is 28.5. The van der Waals surface area contributed by atoms with E-state index in [1.165, 1.54) is 23.9 Å². The lowest BCUT2D eigenvalue weighted by atomic mass is 10.2. The van der Waals surface area contributed by atoms with Crippen molar-refractivity contribution >= 4 is 29.1 Å². The SMILES string of the molecule is O=[N+]([O-])c1cc(CSCC(O)CO)ccc1Cl. The molecule has 0 fully saturated rings. The van der Waals surface area contributed by atoms with E-state index in [1.54, 1.807) is 6.07 Å². The molecular weight excluding hydrogens is 266 g/mol. The van der Waals surface area contributed by atoms with Crippen LogP contribution in [0.2, 0.25) is 5.02 Å². The molecule has 0 saturated heterocycles. The Hall–Kier alpha value is -0.820. The molecular formula is C10H12ClNO4S. The van der Waals surface area contributed by atoms with E-state index in [-0.39, 0.29) is 17.3 Å². The number of halogens is 1. The van der Waals surface area contributed by atoms with Crippen molar-refractivity contribution in [2.24, 2.45) is 0 Å². The van der Waals surface area contributed by atoms with Crippen LogP contribution in [-0.4, -0.2) is 33.6 Å². The highest BCUT2D eigenvalue weighted by Crippen LogP contribution is 2.26. The molecule has 1 aromatic carbocycles.